The van der Waals surface area contributed by atoms with E-state index in [0.29, 0.717) is 5.69 Å². The molecule has 8 heteroatoms. The number of methoxy groups -OCH3 is 1. The Balaban J connectivity index is 2.59. The van der Waals surface area contributed by atoms with Crippen LogP contribution in [0.15, 0.2) is 30.5 Å². The molecule has 0 saturated heterocycles. The van der Waals surface area contributed by atoms with Crippen LogP contribution in [0.4, 0.5) is 14.5 Å². The molecule has 120 valence electrons. The number of carbonyl (C=O) groups excluding carboxylic acids is 1. The second kappa shape index (κ2) is 6.79. The van der Waals surface area contributed by atoms with Crippen LogP contribution in [0, 0.1) is 11.3 Å². The number of nitrogens with two attached hydrogens (primary N) is 1. The third kappa shape index (κ3) is 3.23. The van der Waals surface area contributed by atoms with E-state index in [1.807, 2.05) is 6.07 Å². The van der Waals surface area contributed by atoms with Crippen LogP contribution in [-0.4, -0.2) is 30.7 Å². The van der Waals surface area contributed by atoms with Crippen molar-refractivity contribution in [3.63, 3.8) is 0 Å². The third-order valence-electron chi connectivity index (χ3n) is 3.03. The van der Waals surface area contributed by atoms with Gasteiger partial charge in [-0.15, -0.1) is 0 Å². The molecule has 0 radical (unpaired) electrons. The van der Waals surface area contributed by atoms with Gasteiger partial charge < -0.3 is 19.8 Å². The molecule has 2 rings (SSSR count). The quantitative estimate of drug-likeness (QED) is 0.854. The lowest BCUT2D eigenvalue weighted by atomic mass is 10.2. The molecule has 0 amide bonds. The van der Waals surface area contributed by atoms with Gasteiger partial charge in [-0.3, -0.25) is 0 Å². The van der Waals surface area contributed by atoms with Crippen molar-refractivity contribution in [1.29, 1.82) is 5.26 Å². The number of aromatic nitrogens is 1. The zero-order chi connectivity index (χ0) is 17.0. The summed E-state index contributed by atoms with van der Waals surface area (Å²) in [5.41, 5.74) is 6.03. The molecule has 0 fully saturated rings. The number of hydrogen-bond donors (Lipinski definition) is 1. The Hall–Kier alpha value is -3.08. The van der Waals surface area contributed by atoms with Crippen molar-refractivity contribution in [3.05, 3.63) is 41.7 Å². The van der Waals surface area contributed by atoms with Crippen molar-refractivity contribution in [3.8, 4) is 17.5 Å². The predicted octanol–water partition coefficient (Wildman–Crippen LogP) is 2.36. The molecule has 0 aliphatic heterocycles. The summed E-state index contributed by atoms with van der Waals surface area (Å²) in [6, 6.07) is 8.11. The van der Waals surface area contributed by atoms with Crippen LogP contribution in [0.5, 0.6) is 5.75 Å². The number of nitrogen functional groups attached to an aromatic ring is 1. The van der Waals surface area contributed by atoms with E-state index in [4.69, 9.17) is 15.7 Å². The molecule has 0 aliphatic rings. The van der Waals surface area contributed by atoms with Crippen molar-refractivity contribution in [2.75, 3.05) is 19.5 Å². The number of rotatable bonds is 5. The number of esters is 1. The van der Waals surface area contributed by atoms with E-state index in [1.54, 1.807) is 18.2 Å². The molecule has 2 aromatic rings. The summed E-state index contributed by atoms with van der Waals surface area (Å²) in [5, 5.41) is 9.08. The van der Waals surface area contributed by atoms with Gasteiger partial charge >= 0.3 is 5.97 Å². The second-order valence-electron chi connectivity index (χ2n) is 4.45. The van der Waals surface area contributed by atoms with Gasteiger partial charge in [0, 0.05) is 6.20 Å². The summed E-state index contributed by atoms with van der Waals surface area (Å²) in [6.45, 7) is -0.799. The molecule has 0 unspecified atom stereocenters. The van der Waals surface area contributed by atoms with E-state index >= 15 is 0 Å². The molecule has 0 saturated carbocycles. The average Bonchev–Trinajstić information content (AvgIpc) is 2.88. The Kier molecular flexibility index (Phi) is 4.81. The fraction of sp³-hybridized carbons (Fsp3) is 0.200. The van der Waals surface area contributed by atoms with Crippen LogP contribution in [0.3, 0.4) is 0 Å². The number of carbonyl (C=O) groups is 1. The minimum atomic E-state index is -2.65. The van der Waals surface area contributed by atoms with Gasteiger partial charge in [-0.25, -0.2) is 13.6 Å². The maximum Gasteiger partial charge on any atom is 0.357 e. The molecule has 0 bridgehead atoms. The highest BCUT2D eigenvalue weighted by Gasteiger charge is 2.23. The molecule has 1 heterocycles. The van der Waals surface area contributed by atoms with E-state index in [-0.39, 0.29) is 22.7 Å². The zero-order valence-corrected chi connectivity index (χ0v) is 12.1. The summed E-state index contributed by atoms with van der Waals surface area (Å²) in [6.07, 6.45) is -1.32. The third-order valence-corrected chi connectivity index (χ3v) is 3.03. The van der Waals surface area contributed by atoms with Crippen LogP contribution in [0.1, 0.15) is 16.1 Å². The van der Waals surface area contributed by atoms with Crippen molar-refractivity contribution in [2.45, 2.75) is 6.43 Å². The SMILES string of the molecule is COC(=O)c1c(N)c(C#N)cn1-c1ccccc1OCC(F)F. The molecular formula is C15H13F2N3O3. The van der Waals surface area contributed by atoms with E-state index in [1.165, 1.54) is 23.9 Å². The highest BCUT2D eigenvalue weighted by molar-refractivity contribution is 5.96. The molecule has 0 aliphatic carbocycles. The van der Waals surface area contributed by atoms with Crippen LogP contribution in [0.25, 0.3) is 5.69 Å². The topological polar surface area (TPSA) is 90.3 Å². The lowest BCUT2D eigenvalue weighted by Gasteiger charge is -2.14. The van der Waals surface area contributed by atoms with Gasteiger partial charge in [0.2, 0.25) is 0 Å². The van der Waals surface area contributed by atoms with Gasteiger partial charge in [-0.05, 0) is 12.1 Å². The lowest BCUT2D eigenvalue weighted by molar-refractivity contribution is 0.0592. The van der Waals surface area contributed by atoms with Crippen LogP contribution in [0.2, 0.25) is 0 Å². The van der Waals surface area contributed by atoms with Gasteiger partial charge in [-0.2, -0.15) is 5.26 Å². The van der Waals surface area contributed by atoms with E-state index in [0.717, 1.165) is 0 Å². The number of ether oxygens (including phenoxy) is 2. The monoisotopic (exact) mass is 321 g/mol. The zero-order valence-electron chi connectivity index (χ0n) is 12.1. The normalized spacial score (nSPS) is 10.4. The van der Waals surface area contributed by atoms with Gasteiger partial charge in [0.05, 0.1) is 24.0 Å². The van der Waals surface area contributed by atoms with Crippen LogP contribution in [-0.2, 0) is 4.74 Å². The van der Waals surface area contributed by atoms with Crippen molar-refractivity contribution >= 4 is 11.7 Å². The summed E-state index contributed by atoms with van der Waals surface area (Å²) >= 11 is 0. The number of anilines is 1. The average molecular weight is 321 g/mol. The Morgan fingerprint density at radius 1 is 1.43 bits per heavy atom. The molecule has 0 atom stereocenters. The first-order chi connectivity index (χ1) is 11.0. The maximum atomic E-state index is 12.4. The smallest absolute Gasteiger partial charge is 0.357 e. The van der Waals surface area contributed by atoms with Crippen molar-refractivity contribution < 1.29 is 23.0 Å². The Labute approximate surface area is 130 Å². The van der Waals surface area contributed by atoms with Crippen LogP contribution < -0.4 is 10.5 Å². The number of halogens is 2. The number of benzene rings is 1. The van der Waals surface area contributed by atoms with Gasteiger partial charge in [0.25, 0.3) is 6.43 Å². The van der Waals surface area contributed by atoms with Crippen LogP contribution >= 0.6 is 0 Å². The highest BCUT2D eigenvalue weighted by atomic mass is 19.3. The van der Waals surface area contributed by atoms with Gasteiger partial charge in [0.1, 0.15) is 18.4 Å². The lowest BCUT2D eigenvalue weighted by Crippen LogP contribution is -2.13. The molecule has 1 aromatic heterocycles. The minimum Gasteiger partial charge on any atom is -0.485 e. The van der Waals surface area contributed by atoms with E-state index in [2.05, 4.69) is 4.74 Å². The molecule has 1 aromatic carbocycles. The Morgan fingerprint density at radius 3 is 2.74 bits per heavy atom. The molecule has 6 nitrogen and oxygen atoms in total. The Bertz CT molecular complexity index is 766. The molecular weight excluding hydrogens is 308 g/mol. The predicted molar refractivity (Wildman–Crippen MR) is 77.7 cm³/mol. The standard InChI is InChI=1S/C15H13F2N3O3/c1-22-15(21)14-13(19)9(6-18)7-20(14)10-4-2-3-5-11(10)23-8-12(16)17/h2-5,7,12H,8,19H2,1H3. The number of para-hydroxylation sites is 2. The molecule has 0 spiro atoms. The number of nitriles is 1. The first-order valence-electron chi connectivity index (χ1n) is 6.49. The fourth-order valence-electron chi connectivity index (χ4n) is 2.04. The number of nitrogens with zero attached hydrogens (tertiary/aromatic N) is 2. The minimum absolute atomic E-state index is 0.0528. The summed E-state index contributed by atoms with van der Waals surface area (Å²) < 4.78 is 35.8. The maximum absolute atomic E-state index is 12.4. The summed E-state index contributed by atoms with van der Waals surface area (Å²) in [7, 11) is 1.17. The highest BCUT2D eigenvalue weighted by Crippen LogP contribution is 2.30. The second-order valence-corrected chi connectivity index (χ2v) is 4.45. The van der Waals surface area contributed by atoms with Gasteiger partial charge in [0.15, 0.2) is 5.69 Å². The first kappa shape index (κ1) is 16.3. The molecule has 2 N–H and O–H groups in total. The largest absolute Gasteiger partial charge is 0.485 e. The number of hydrogen-bond acceptors (Lipinski definition) is 5. The summed E-state index contributed by atoms with van der Waals surface area (Å²) in [4.78, 5) is 11.9. The van der Waals surface area contributed by atoms with E-state index < -0.39 is 19.0 Å². The van der Waals surface area contributed by atoms with Crippen molar-refractivity contribution in [2.24, 2.45) is 0 Å². The Morgan fingerprint density at radius 2 is 2.13 bits per heavy atom. The van der Waals surface area contributed by atoms with Gasteiger partial charge in [-0.1, -0.05) is 12.1 Å². The number of alkyl halides is 2. The summed E-state index contributed by atoms with van der Waals surface area (Å²) in [5.74, 6) is -0.634. The first-order valence-corrected chi connectivity index (χ1v) is 6.49. The fourth-order valence-corrected chi connectivity index (χ4v) is 2.04. The molecule has 23 heavy (non-hydrogen) atoms. The van der Waals surface area contributed by atoms with E-state index in [9.17, 15) is 13.6 Å². The van der Waals surface area contributed by atoms with Crippen molar-refractivity contribution in [1.82, 2.24) is 4.57 Å².